The molecule has 0 radical (unpaired) electrons. The van der Waals surface area contributed by atoms with Gasteiger partial charge in [-0.1, -0.05) is 52.6 Å². The molecule has 9 heteroatoms. The molecule has 5 rings (SSSR count). The Labute approximate surface area is 191 Å². The molecule has 152 valence electrons. The molecule has 1 N–H and O–H groups in total. The highest BCUT2D eigenvalue weighted by Crippen LogP contribution is 2.40. The first-order valence-electron chi connectivity index (χ1n) is 9.34. The predicted molar refractivity (Wildman–Crippen MR) is 123 cm³/mol. The van der Waals surface area contributed by atoms with E-state index >= 15 is 0 Å². The third kappa shape index (κ3) is 3.85. The van der Waals surface area contributed by atoms with Crippen LogP contribution in [0.25, 0.3) is 22.6 Å². The van der Waals surface area contributed by atoms with Gasteiger partial charge in [0.1, 0.15) is 5.82 Å². The van der Waals surface area contributed by atoms with E-state index in [-0.39, 0.29) is 5.56 Å². The smallest absolute Gasteiger partial charge is 0.279 e. The van der Waals surface area contributed by atoms with Crippen LogP contribution in [0.5, 0.6) is 0 Å². The molecule has 2 aromatic carbocycles. The SMILES string of the molecule is O=c1[nH]c(SCc2ccc(Cl)c(Cl)c2)nc2c1nc(-c1ccc(Cl)cc1)n2C1CC1. The Bertz CT molecular complexity index is 1310. The molecule has 0 unspecified atom stereocenters. The van der Waals surface area contributed by atoms with Crippen molar-refractivity contribution in [2.75, 3.05) is 0 Å². The number of thioether (sulfide) groups is 1. The fraction of sp³-hybridized carbons (Fsp3) is 0.190. The van der Waals surface area contributed by atoms with E-state index in [1.807, 2.05) is 36.4 Å². The van der Waals surface area contributed by atoms with Gasteiger partial charge < -0.3 is 4.57 Å². The zero-order chi connectivity index (χ0) is 20.8. The second-order valence-electron chi connectivity index (χ2n) is 7.12. The van der Waals surface area contributed by atoms with Crippen molar-refractivity contribution in [3.63, 3.8) is 0 Å². The summed E-state index contributed by atoms with van der Waals surface area (Å²) in [5, 5.41) is 2.22. The third-order valence-electron chi connectivity index (χ3n) is 4.90. The summed E-state index contributed by atoms with van der Waals surface area (Å²) in [5.41, 5.74) is 2.63. The molecule has 0 spiro atoms. The number of nitrogens with zero attached hydrogens (tertiary/aromatic N) is 3. The Balaban J connectivity index is 1.54. The number of aromatic amines is 1. The average Bonchev–Trinajstić information content (AvgIpc) is 3.49. The van der Waals surface area contributed by atoms with Crippen LogP contribution >= 0.6 is 46.6 Å². The summed E-state index contributed by atoms with van der Waals surface area (Å²) in [6, 6.07) is 13.3. The molecule has 1 saturated carbocycles. The average molecular weight is 478 g/mol. The van der Waals surface area contributed by atoms with E-state index in [9.17, 15) is 4.79 Å². The van der Waals surface area contributed by atoms with E-state index < -0.39 is 0 Å². The zero-order valence-electron chi connectivity index (χ0n) is 15.5. The summed E-state index contributed by atoms with van der Waals surface area (Å²) in [5.74, 6) is 1.35. The standard InChI is InChI=1S/C21H15Cl3N4OS/c22-13-4-2-12(3-5-13)18-25-17-19(28(18)14-6-7-14)26-21(27-20(17)29)30-10-11-1-8-15(23)16(24)9-11/h1-5,8-9,14H,6-7,10H2,(H,26,27,29). The molecule has 1 fully saturated rings. The van der Waals surface area contributed by atoms with Crippen molar-refractivity contribution in [3.05, 3.63) is 73.4 Å². The molecule has 1 aliphatic carbocycles. The maximum Gasteiger partial charge on any atom is 0.279 e. The lowest BCUT2D eigenvalue weighted by atomic mass is 10.2. The highest BCUT2D eigenvalue weighted by atomic mass is 35.5. The van der Waals surface area contributed by atoms with Gasteiger partial charge >= 0.3 is 0 Å². The van der Waals surface area contributed by atoms with Crippen molar-refractivity contribution < 1.29 is 0 Å². The number of benzene rings is 2. The van der Waals surface area contributed by atoms with Gasteiger partial charge in [0, 0.05) is 22.4 Å². The minimum absolute atomic E-state index is 0.244. The quantitative estimate of drug-likeness (QED) is 0.268. The summed E-state index contributed by atoms with van der Waals surface area (Å²) < 4.78 is 2.08. The summed E-state index contributed by atoms with van der Waals surface area (Å²) >= 11 is 19.5. The fourth-order valence-corrected chi connectivity index (χ4v) is 4.54. The van der Waals surface area contributed by atoms with Crippen molar-refractivity contribution in [2.24, 2.45) is 0 Å². The molecule has 1 aliphatic rings. The van der Waals surface area contributed by atoms with Gasteiger partial charge in [0.2, 0.25) is 0 Å². The molecule has 2 aromatic heterocycles. The zero-order valence-corrected chi connectivity index (χ0v) is 18.6. The van der Waals surface area contributed by atoms with E-state index in [4.69, 9.17) is 39.8 Å². The third-order valence-corrected chi connectivity index (χ3v) is 6.84. The summed E-state index contributed by atoms with van der Waals surface area (Å²) in [4.78, 5) is 25.0. The first-order chi connectivity index (χ1) is 14.5. The highest BCUT2D eigenvalue weighted by Gasteiger charge is 2.30. The summed E-state index contributed by atoms with van der Waals surface area (Å²) in [6.07, 6.45) is 2.10. The van der Waals surface area contributed by atoms with Crippen LogP contribution in [0.4, 0.5) is 0 Å². The van der Waals surface area contributed by atoms with E-state index in [0.717, 1.165) is 29.8 Å². The number of halogens is 3. The Morgan fingerprint density at radius 2 is 1.80 bits per heavy atom. The van der Waals surface area contributed by atoms with Crippen LogP contribution in [0.3, 0.4) is 0 Å². The maximum absolute atomic E-state index is 12.8. The number of aromatic nitrogens is 4. The molecule has 2 heterocycles. The molecule has 0 saturated heterocycles. The van der Waals surface area contributed by atoms with Gasteiger partial charge in [-0.25, -0.2) is 9.97 Å². The van der Waals surface area contributed by atoms with Gasteiger partial charge in [0.05, 0.1) is 10.0 Å². The van der Waals surface area contributed by atoms with Gasteiger partial charge in [-0.2, -0.15) is 0 Å². The van der Waals surface area contributed by atoms with E-state index in [2.05, 4.69) is 14.5 Å². The normalized spacial score (nSPS) is 13.8. The van der Waals surface area contributed by atoms with Crippen molar-refractivity contribution in [2.45, 2.75) is 29.8 Å². The number of H-pyrrole nitrogens is 1. The number of fused-ring (bicyclic) bond motifs is 1. The highest BCUT2D eigenvalue weighted by molar-refractivity contribution is 7.98. The maximum atomic E-state index is 12.8. The molecule has 4 aromatic rings. The number of rotatable bonds is 5. The molecule has 5 nitrogen and oxygen atoms in total. The Morgan fingerprint density at radius 1 is 1.03 bits per heavy atom. The lowest BCUT2D eigenvalue weighted by Crippen LogP contribution is -2.10. The van der Waals surface area contributed by atoms with E-state index in [1.54, 1.807) is 6.07 Å². The number of hydrogen-bond donors (Lipinski definition) is 1. The molecule has 0 amide bonds. The Hall–Kier alpha value is -1.99. The predicted octanol–water partition coefficient (Wildman–Crippen LogP) is 6.37. The van der Waals surface area contributed by atoms with Crippen LogP contribution in [0.15, 0.2) is 52.4 Å². The Morgan fingerprint density at radius 3 is 2.50 bits per heavy atom. The lowest BCUT2D eigenvalue weighted by molar-refractivity contribution is 0.758. The molecular formula is C21H15Cl3N4OS. The minimum Gasteiger partial charge on any atom is -0.305 e. The second kappa shape index (κ2) is 7.93. The molecular weight excluding hydrogens is 463 g/mol. The van der Waals surface area contributed by atoms with Gasteiger partial charge in [0.15, 0.2) is 16.3 Å². The van der Waals surface area contributed by atoms with Crippen molar-refractivity contribution in [1.29, 1.82) is 0 Å². The van der Waals surface area contributed by atoms with Crippen molar-refractivity contribution in [3.8, 4) is 11.4 Å². The van der Waals surface area contributed by atoms with Crippen LogP contribution in [0.2, 0.25) is 15.1 Å². The van der Waals surface area contributed by atoms with Crippen LogP contribution in [-0.2, 0) is 5.75 Å². The molecule has 0 aliphatic heterocycles. The van der Waals surface area contributed by atoms with Gasteiger partial charge in [-0.3, -0.25) is 9.78 Å². The monoisotopic (exact) mass is 476 g/mol. The summed E-state index contributed by atoms with van der Waals surface area (Å²) in [6.45, 7) is 0. The number of imidazole rings is 1. The molecule has 0 atom stereocenters. The van der Waals surface area contributed by atoms with E-state index in [1.165, 1.54) is 11.8 Å². The van der Waals surface area contributed by atoms with Crippen molar-refractivity contribution in [1.82, 2.24) is 19.5 Å². The van der Waals surface area contributed by atoms with Gasteiger partial charge in [-0.05, 0) is 54.8 Å². The largest absolute Gasteiger partial charge is 0.305 e. The number of hydrogen-bond acceptors (Lipinski definition) is 4. The second-order valence-corrected chi connectivity index (χ2v) is 9.34. The lowest BCUT2D eigenvalue weighted by Gasteiger charge is -2.08. The first kappa shape index (κ1) is 19.9. The topological polar surface area (TPSA) is 63.6 Å². The molecule has 0 bridgehead atoms. The van der Waals surface area contributed by atoms with Crippen LogP contribution < -0.4 is 5.56 Å². The molecule has 30 heavy (non-hydrogen) atoms. The van der Waals surface area contributed by atoms with E-state index in [0.29, 0.717) is 43.2 Å². The fourth-order valence-electron chi connectivity index (χ4n) is 3.29. The van der Waals surface area contributed by atoms with Crippen molar-refractivity contribution >= 4 is 57.7 Å². The minimum atomic E-state index is -0.244. The van der Waals surface area contributed by atoms with Crippen LogP contribution in [0, 0.1) is 0 Å². The van der Waals surface area contributed by atoms with Crippen LogP contribution in [0.1, 0.15) is 24.4 Å². The summed E-state index contributed by atoms with van der Waals surface area (Å²) in [7, 11) is 0. The Kier molecular flexibility index (Phi) is 5.27. The van der Waals surface area contributed by atoms with Crippen LogP contribution in [-0.4, -0.2) is 19.5 Å². The van der Waals surface area contributed by atoms with Gasteiger partial charge in [-0.15, -0.1) is 0 Å². The number of nitrogens with one attached hydrogen (secondary N) is 1. The first-order valence-corrected chi connectivity index (χ1v) is 11.5. The van der Waals surface area contributed by atoms with Gasteiger partial charge in [0.25, 0.3) is 5.56 Å².